The van der Waals surface area contributed by atoms with Gasteiger partial charge >= 0.3 is 6.18 Å². The second-order valence-electron chi connectivity index (χ2n) is 5.30. The van der Waals surface area contributed by atoms with Gasteiger partial charge in [0.2, 0.25) is 0 Å². The Bertz CT molecular complexity index is 912. The molecule has 0 atom stereocenters. The van der Waals surface area contributed by atoms with E-state index in [1.165, 1.54) is 13.2 Å². The van der Waals surface area contributed by atoms with Crippen molar-refractivity contribution in [2.45, 2.75) is 12.7 Å². The fraction of sp³-hybridized carbons (Fsp3) is 0.267. The Kier molecular flexibility index (Phi) is 4.42. The molecule has 0 amide bonds. The smallest absolute Gasteiger partial charge is 0.453 e. The molecule has 3 aromatic rings. The summed E-state index contributed by atoms with van der Waals surface area (Å²) in [6.45, 7) is 0.339. The molecular formula is C15H13ClF3N5O. The van der Waals surface area contributed by atoms with Crippen molar-refractivity contribution in [3.63, 3.8) is 0 Å². The number of nitrogens with zero attached hydrogens (tertiary/aromatic N) is 5. The normalized spacial score (nSPS) is 11.8. The number of fused-ring (bicyclic) bond motifs is 1. The first kappa shape index (κ1) is 17.3. The summed E-state index contributed by atoms with van der Waals surface area (Å²) in [7, 11) is 3.23. The fourth-order valence-electron chi connectivity index (χ4n) is 2.37. The molecule has 0 aliphatic heterocycles. The molecule has 2 aromatic heterocycles. The molecule has 6 nitrogen and oxygen atoms in total. The van der Waals surface area contributed by atoms with Crippen LogP contribution in [0, 0.1) is 0 Å². The summed E-state index contributed by atoms with van der Waals surface area (Å²) in [6.07, 6.45) is -4.64. The number of aromatic nitrogens is 4. The Hall–Kier alpha value is -2.55. The van der Waals surface area contributed by atoms with Crippen LogP contribution in [0.25, 0.3) is 5.65 Å². The molecule has 0 N–H and O–H groups in total. The number of rotatable bonds is 4. The molecule has 0 fully saturated rings. The standard InChI is InChI=1S/C15H13ClF3N5O/c1-23(8-9-7-10(16)3-4-11(9)25-2)13-6-5-12-20-21-14(15(17,18)19)24(12)22-13/h3-7H,8H2,1-2H3. The highest BCUT2D eigenvalue weighted by Gasteiger charge is 2.37. The molecule has 0 saturated heterocycles. The third-order valence-corrected chi connectivity index (χ3v) is 3.78. The summed E-state index contributed by atoms with van der Waals surface area (Å²) >= 11 is 6.00. The van der Waals surface area contributed by atoms with Gasteiger partial charge in [0.05, 0.1) is 7.11 Å². The van der Waals surface area contributed by atoms with Crippen LogP contribution in [0.4, 0.5) is 19.0 Å². The largest absolute Gasteiger partial charge is 0.496 e. The first-order valence-corrected chi connectivity index (χ1v) is 7.50. The van der Waals surface area contributed by atoms with Gasteiger partial charge in [0, 0.05) is 24.2 Å². The predicted octanol–water partition coefficient (Wildman–Crippen LogP) is 3.44. The second kappa shape index (κ2) is 6.40. The quantitative estimate of drug-likeness (QED) is 0.703. The van der Waals surface area contributed by atoms with Gasteiger partial charge < -0.3 is 9.64 Å². The zero-order chi connectivity index (χ0) is 18.2. The molecule has 2 heterocycles. The van der Waals surface area contributed by atoms with E-state index >= 15 is 0 Å². The summed E-state index contributed by atoms with van der Waals surface area (Å²) in [5, 5.41) is 11.2. The molecule has 0 aliphatic carbocycles. The molecule has 132 valence electrons. The van der Waals surface area contributed by atoms with Crippen molar-refractivity contribution in [1.29, 1.82) is 0 Å². The SMILES string of the molecule is COc1ccc(Cl)cc1CN(C)c1ccc2nnc(C(F)(F)F)n2n1. The number of alkyl halides is 3. The van der Waals surface area contributed by atoms with Crippen molar-refractivity contribution in [2.75, 3.05) is 19.1 Å². The lowest BCUT2D eigenvalue weighted by atomic mass is 10.2. The topological polar surface area (TPSA) is 55.5 Å². The third-order valence-electron chi connectivity index (χ3n) is 3.54. The zero-order valence-corrected chi connectivity index (χ0v) is 14.0. The van der Waals surface area contributed by atoms with E-state index in [4.69, 9.17) is 16.3 Å². The van der Waals surface area contributed by atoms with Crippen LogP contribution in [0.2, 0.25) is 5.02 Å². The van der Waals surface area contributed by atoms with Crippen molar-refractivity contribution >= 4 is 23.1 Å². The highest BCUT2D eigenvalue weighted by Crippen LogP contribution is 2.28. The number of benzene rings is 1. The zero-order valence-electron chi connectivity index (χ0n) is 13.3. The summed E-state index contributed by atoms with van der Waals surface area (Å²) in [6, 6.07) is 8.15. The summed E-state index contributed by atoms with van der Waals surface area (Å²) in [5.74, 6) is -0.226. The Morgan fingerprint density at radius 1 is 1.20 bits per heavy atom. The maximum atomic E-state index is 13.0. The number of halogens is 4. The van der Waals surface area contributed by atoms with Gasteiger partial charge in [-0.1, -0.05) is 11.6 Å². The van der Waals surface area contributed by atoms with Crippen molar-refractivity contribution < 1.29 is 17.9 Å². The van der Waals surface area contributed by atoms with Crippen LogP contribution in [0.1, 0.15) is 11.4 Å². The fourth-order valence-corrected chi connectivity index (χ4v) is 2.56. The molecule has 1 aromatic carbocycles. The van der Waals surface area contributed by atoms with Gasteiger partial charge in [0.15, 0.2) is 5.65 Å². The van der Waals surface area contributed by atoms with E-state index in [0.29, 0.717) is 27.7 Å². The molecule has 0 spiro atoms. The Morgan fingerprint density at radius 2 is 1.96 bits per heavy atom. The molecular weight excluding hydrogens is 359 g/mol. The molecule has 0 saturated carbocycles. The summed E-state index contributed by atoms with van der Waals surface area (Å²) < 4.78 is 44.9. The Morgan fingerprint density at radius 3 is 2.64 bits per heavy atom. The second-order valence-corrected chi connectivity index (χ2v) is 5.73. The highest BCUT2D eigenvalue weighted by atomic mass is 35.5. The molecule has 0 radical (unpaired) electrons. The maximum absolute atomic E-state index is 13.0. The number of ether oxygens (including phenoxy) is 1. The van der Waals surface area contributed by atoms with Crippen LogP contribution in [0.5, 0.6) is 5.75 Å². The predicted molar refractivity (Wildman–Crippen MR) is 85.9 cm³/mol. The van der Waals surface area contributed by atoms with Gasteiger partial charge in [0.25, 0.3) is 5.82 Å². The van der Waals surface area contributed by atoms with Gasteiger partial charge in [-0.3, -0.25) is 0 Å². The third kappa shape index (κ3) is 3.46. The number of hydrogen-bond acceptors (Lipinski definition) is 5. The van der Waals surface area contributed by atoms with Gasteiger partial charge in [0.1, 0.15) is 11.6 Å². The van der Waals surface area contributed by atoms with Crippen LogP contribution in [-0.2, 0) is 12.7 Å². The van der Waals surface area contributed by atoms with Crippen molar-refractivity contribution in [2.24, 2.45) is 0 Å². The van der Waals surface area contributed by atoms with Gasteiger partial charge in [-0.15, -0.1) is 15.3 Å². The summed E-state index contributed by atoms with van der Waals surface area (Å²) in [4.78, 5) is 1.67. The lowest BCUT2D eigenvalue weighted by Crippen LogP contribution is -2.20. The average Bonchev–Trinajstić information content (AvgIpc) is 2.98. The lowest BCUT2D eigenvalue weighted by molar-refractivity contribution is -0.146. The molecule has 0 aliphatic rings. The van der Waals surface area contributed by atoms with E-state index in [2.05, 4.69) is 15.3 Å². The van der Waals surface area contributed by atoms with Crippen LogP contribution in [0.15, 0.2) is 30.3 Å². The summed E-state index contributed by atoms with van der Waals surface area (Å²) in [5.41, 5.74) is 0.795. The van der Waals surface area contributed by atoms with E-state index in [9.17, 15) is 13.2 Å². The van der Waals surface area contributed by atoms with E-state index < -0.39 is 12.0 Å². The van der Waals surface area contributed by atoms with Crippen LogP contribution < -0.4 is 9.64 Å². The molecule has 3 rings (SSSR count). The lowest BCUT2D eigenvalue weighted by Gasteiger charge is -2.20. The van der Waals surface area contributed by atoms with Gasteiger partial charge in [-0.2, -0.15) is 17.7 Å². The monoisotopic (exact) mass is 371 g/mol. The van der Waals surface area contributed by atoms with Crippen molar-refractivity contribution in [1.82, 2.24) is 19.8 Å². The van der Waals surface area contributed by atoms with Crippen LogP contribution in [-0.4, -0.2) is 34.0 Å². The molecule has 0 unspecified atom stereocenters. The van der Waals surface area contributed by atoms with E-state index in [0.717, 1.165) is 5.56 Å². The minimum Gasteiger partial charge on any atom is -0.496 e. The van der Waals surface area contributed by atoms with Crippen LogP contribution in [0.3, 0.4) is 0 Å². The van der Waals surface area contributed by atoms with Gasteiger partial charge in [-0.05, 0) is 30.3 Å². The minimum atomic E-state index is -4.64. The molecule has 0 bridgehead atoms. The molecule has 25 heavy (non-hydrogen) atoms. The van der Waals surface area contributed by atoms with Crippen LogP contribution >= 0.6 is 11.6 Å². The Balaban J connectivity index is 1.95. The first-order valence-electron chi connectivity index (χ1n) is 7.13. The van der Waals surface area contributed by atoms with Gasteiger partial charge in [-0.25, -0.2) is 0 Å². The average molecular weight is 372 g/mol. The van der Waals surface area contributed by atoms with Crippen molar-refractivity contribution in [3.8, 4) is 5.75 Å². The molecule has 10 heteroatoms. The highest BCUT2D eigenvalue weighted by molar-refractivity contribution is 6.30. The Labute approximate surface area is 145 Å². The van der Waals surface area contributed by atoms with Crippen molar-refractivity contribution in [3.05, 3.63) is 46.7 Å². The van der Waals surface area contributed by atoms with E-state index in [1.807, 2.05) is 0 Å². The number of hydrogen-bond donors (Lipinski definition) is 0. The maximum Gasteiger partial charge on any atom is 0.453 e. The van der Waals surface area contributed by atoms with E-state index in [-0.39, 0.29) is 5.65 Å². The number of methoxy groups -OCH3 is 1. The van der Waals surface area contributed by atoms with E-state index in [1.54, 1.807) is 36.2 Å². The number of anilines is 1. The first-order chi connectivity index (χ1) is 11.8. The minimum absolute atomic E-state index is 0.0183.